The molecule has 182 valence electrons. The van der Waals surface area contributed by atoms with Crippen molar-refractivity contribution in [1.29, 1.82) is 0 Å². The fraction of sp³-hybridized carbons (Fsp3) is 0.364. The van der Waals surface area contributed by atoms with Gasteiger partial charge in [-0.15, -0.1) is 0 Å². The summed E-state index contributed by atoms with van der Waals surface area (Å²) in [5.74, 6) is -6.04. The van der Waals surface area contributed by atoms with E-state index in [4.69, 9.17) is 4.84 Å². The minimum Gasteiger partial charge on any atom is -0.335 e. The van der Waals surface area contributed by atoms with Crippen LogP contribution in [0.1, 0.15) is 30.7 Å². The zero-order valence-corrected chi connectivity index (χ0v) is 17.8. The number of benzene rings is 1. The molecule has 4 rings (SSSR count). The highest BCUT2D eigenvalue weighted by atomic mass is 19.4. The monoisotopic (exact) mass is 489 g/mol. The van der Waals surface area contributed by atoms with Crippen molar-refractivity contribution < 1.29 is 40.4 Å². The van der Waals surface area contributed by atoms with Gasteiger partial charge >= 0.3 is 6.18 Å². The number of hydrogen-bond donors (Lipinski definition) is 1. The van der Waals surface area contributed by atoms with Crippen molar-refractivity contribution in [2.45, 2.75) is 31.3 Å². The van der Waals surface area contributed by atoms with Gasteiger partial charge < -0.3 is 4.90 Å². The number of likely N-dealkylation sites (tertiary alicyclic amines) is 1. The standard InChI is InChI=1S/C22H18F7N3O2/c1-11(2)19(33)32-9-20(26,10-32)17-4-3-12(8-30-17)16-7-21(34-31-16,22(27,28)29)13-5-14(23)18(25)15(24)6-13/h3-8,11,31H,9-10H2,1-2H3. The number of hydroxylamine groups is 1. The SMILES string of the molecule is CC(C)C(=O)N1CC(F)(c2ccc(C3=CC(c4cc(F)c(F)c(F)c4)(C(F)(F)F)ON3)cn2)C1. The van der Waals surface area contributed by atoms with Crippen molar-refractivity contribution in [2.24, 2.45) is 5.92 Å². The zero-order chi connectivity index (χ0) is 25.1. The number of aromatic nitrogens is 1. The molecule has 0 aliphatic carbocycles. The molecular weight excluding hydrogens is 471 g/mol. The number of pyridine rings is 1. The molecular formula is C22H18F7N3O2. The van der Waals surface area contributed by atoms with Gasteiger partial charge in [0.05, 0.1) is 24.5 Å². The van der Waals surface area contributed by atoms with Crippen molar-refractivity contribution in [3.8, 4) is 0 Å². The first-order valence-electron chi connectivity index (χ1n) is 10.1. The molecule has 2 aliphatic heterocycles. The van der Waals surface area contributed by atoms with E-state index in [1.807, 2.05) is 0 Å². The fourth-order valence-electron chi connectivity index (χ4n) is 3.82. The highest BCUT2D eigenvalue weighted by Gasteiger charge is 2.60. The molecule has 1 aromatic carbocycles. The van der Waals surface area contributed by atoms with Gasteiger partial charge in [-0.05, 0) is 30.3 Å². The van der Waals surface area contributed by atoms with Gasteiger partial charge in [-0.3, -0.25) is 20.1 Å². The van der Waals surface area contributed by atoms with Crippen LogP contribution in [0, 0.1) is 23.4 Å². The highest BCUT2D eigenvalue weighted by molar-refractivity contribution is 5.79. The molecule has 1 aromatic heterocycles. The van der Waals surface area contributed by atoms with Crippen LogP contribution in [-0.2, 0) is 20.9 Å². The molecule has 1 fully saturated rings. The number of amides is 1. The first kappa shape index (κ1) is 24.0. The molecule has 1 atom stereocenters. The number of halogens is 7. The maximum absolute atomic E-state index is 15.1. The lowest BCUT2D eigenvalue weighted by molar-refractivity contribution is -0.269. The minimum absolute atomic E-state index is 0.00617. The van der Waals surface area contributed by atoms with Crippen LogP contribution < -0.4 is 5.48 Å². The number of hydrogen-bond acceptors (Lipinski definition) is 4. The zero-order valence-electron chi connectivity index (χ0n) is 17.8. The Morgan fingerprint density at radius 2 is 1.76 bits per heavy atom. The average Bonchev–Trinajstić information content (AvgIpc) is 3.21. The van der Waals surface area contributed by atoms with E-state index in [2.05, 4.69) is 10.5 Å². The van der Waals surface area contributed by atoms with E-state index in [-0.39, 0.29) is 54.0 Å². The average molecular weight is 489 g/mol. The van der Waals surface area contributed by atoms with Crippen molar-refractivity contribution in [3.63, 3.8) is 0 Å². The van der Waals surface area contributed by atoms with Crippen LogP contribution in [0.4, 0.5) is 30.7 Å². The smallest absolute Gasteiger partial charge is 0.335 e. The Kier molecular flexibility index (Phi) is 5.62. The summed E-state index contributed by atoms with van der Waals surface area (Å²) < 4.78 is 97.4. The first-order chi connectivity index (χ1) is 15.8. The molecule has 0 saturated carbocycles. The molecule has 1 saturated heterocycles. The van der Waals surface area contributed by atoms with Crippen LogP contribution in [0.3, 0.4) is 0 Å². The molecule has 5 nitrogen and oxygen atoms in total. The molecule has 2 aliphatic rings. The van der Waals surface area contributed by atoms with Gasteiger partial charge in [-0.2, -0.15) is 13.2 Å². The van der Waals surface area contributed by atoms with E-state index in [1.54, 1.807) is 13.8 Å². The lowest BCUT2D eigenvalue weighted by Gasteiger charge is -2.44. The van der Waals surface area contributed by atoms with Gasteiger partial charge in [0, 0.05) is 23.2 Å². The molecule has 34 heavy (non-hydrogen) atoms. The van der Waals surface area contributed by atoms with E-state index in [0.717, 1.165) is 6.20 Å². The Bertz CT molecular complexity index is 1140. The van der Waals surface area contributed by atoms with Gasteiger partial charge in [0.1, 0.15) is 0 Å². The summed E-state index contributed by atoms with van der Waals surface area (Å²) in [5.41, 5.74) is -4.36. The molecule has 3 heterocycles. The third-order valence-corrected chi connectivity index (χ3v) is 5.73. The maximum Gasteiger partial charge on any atom is 0.428 e. The second kappa shape index (κ2) is 7.97. The molecule has 1 N–H and O–H groups in total. The number of nitrogens with one attached hydrogen (secondary N) is 1. The van der Waals surface area contributed by atoms with Crippen LogP contribution in [0.25, 0.3) is 5.70 Å². The van der Waals surface area contributed by atoms with Gasteiger partial charge in [-0.25, -0.2) is 17.6 Å². The molecule has 12 heteroatoms. The molecule has 2 aromatic rings. The molecule has 1 amide bonds. The lowest BCUT2D eigenvalue weighted by Crippen LogP contribution is -2.60. The summed E-state index contributed by atoms with van der Waals surface area (Å²) in [6, 6.07) is 2.95. The summed E-state index contributed by atoms with van der Waals surface area (Å²) in [4.78, 5) is 22.0. The minimum atomic E-state index is -5.19. The predicted octanol–water partition coefficient (Wildman–Crippen LogP) is 4.50. The Balaban J connectivity index is 1.62. The molecule has 0 radical (unpaired) electrons. The lowest BCUT2D eigenvalue weighted by atomic mass is 9.89. The Labute approximate surface area is 189 Å². The molecule has 1 unspecified atom stereocenters. The maximum atomic E-state index is 15.1. The summed E-state index contributed by atoms with van der Waals surface area (Å²) >= 11 is 0. The van der Waals surface area contributed by atoms with Crippen LogP contribution in [-0.4, -0.2) is 35.1 Å². The van der Waals surface area contributed by atoms with Gasteiger partial charge in [-0.1, -0.05) is 13.8 Å². The van der Waals surface area contributed by atoms with Crippen LogP contribution in [0.15, 0.2) is 36.5 Å². The second-order valence-electron chi connectivity index (χ2n) is 8.50. The normalized spacial score (nSPS) is 21.8. The highest BCUT2D eigenvalue weighted by Crippen LogP contribution is 2.47. The largest absolute Gasteiger partial charge is 0.428 e. The fourth-order valence-corrected chi connectivity index (χ4v) is 3.82. The number of carbonyl (C=O) groups is 1. The van der Waals surface area contributed by atoms with E-state index in [1.165, 1.54) is 17.0 Å². The quantitative estimate of drug-likeness (QED) is 0.508. The molecule has 0 bridgehead atoms. The van der Waals surface area contributed by atoms with Crippen LogP contribution >= 0.6 is 0 Å². The molecule has 0 spiro atoms. The van der Waals surface area contributed by atoms with Gasteiger partial charge in [0.15, 0.2) is 23.1 Å². The van der Waals surface area contributed by atoms with Crippen LogP contribution in [0.2, 0.25) is 0 Å². The van der Waals surface area contributed by atoms with E-state index >= 15 is 4.39 Å². The number of rotatable bonds is 4. The third-order valence-electron chi connectivity index (χ3n) is 5.73. The van der Waals surface area contributed by atoms with Crippen molar-refractivity contribution in [1.82, 2.24) is 15.4 Å². The predicted molar refractivity (Wildman–Crippen MR) is 105 cm³/mol. The summed E-state index contributed by atoms with van der Waals surface area (Å²) in [6.45, 7) is 2.99. The van der Waals surface area contributed by atoms with Gasteiger partial charge in [0.25, 0.3) is 0 Å². The summed E-state index contributed by atoms with van der Waals surface area (Å²) in [5, 5.41) is 0. The van der Waals surface area contributed by atoms with E-state index < -0.39 is 40.5 Å². The Morgan fingerprint density at radius 1 is 1.15 bits per heavy atom. The van der Waals surface area contributed by atoms with Crippen molar-refractivity contribution in [2.75, 3.05) is 13.1 Å². The first-order valence-corrected chi connectivity index (χ1v) is 10.1. The number of carbonyl (C=O) groups excluding carboxylic acids is 1. The number of alkyl halides is 4. The van der Waals surface area contributed by atoms with E-state index in [0.29, 0.717) is 6.08 Å². The van der Waals surface area contributed by atoms with Gasteiger partial charge in [0.2, 0.25) is 11.5 Å². The van der Waals surface area contributed by atoms with E-state index in [9.17, 15) is 31.1 Å². The topological polar surface area (TPSA) is 54.5 Å². The number of nitrogens with zero attached hydrogens (tertiary/aromatic N) is 2. The summed E-state index contributed by atoms with van der Waals surface area (Å²) in [6.07, 6.45) is -3.55. The Hall–Kier alpha value is -3.15. The summed E-state index contributed by atoms with van der Waals surface area (Å²) in [7, 11) is 0. The van der Waals surface area contributed by atoms with Crippen LogP contribution in [0.5, 0.6) is 0 Å². The second-order valence-corrected chi connectivity index (χ2v) is 8.50. The van der Waals surface area contributed by atoms with Crippen molar-refractivity contribution in [3.05, 3.63) is 70.8 Å². The third kappa shape index (κ3) is 3.79. The Morgan fingerprint density at radius 3 is 2.26 bits per heavy atom. The van der Waals surface area contributed by atoms with Crippen molar-refractivity contribution >= 4 is 11.6 Å².